The molecule has 12 saturated carbocycles. The summed E-state index contributed by atoms with van der Waals surface area (Å²) in [6, 6.07) is 0.585. The van der Waals surface area contributed by atoms with E-state index >= 15 is 0 Å². The number of aliphatic hydroxyl groups is 3. The summed E-state index contributed by atoms with van der Waals surface area (Å²) in [5.74, 6) is 17.8. The van der Waals surface area contributed by atoms with Crippen molar-refractivity contribution in [3.05, 3.63) is 0 Å². The largest absolute Gasteiger partial charge is 0.390 e. The maximum absolute atomic E-state index is 13.6. The second-order valence-corrected chi connectivity index (χ2v) is 41.0. The van der Waals surface area contributed by atoms with Crippen molar-refractivity contribution in [2.24, 2.45) is 123 Å². The van der Waals surface area contributed by atoms with E-state index in [2.05, 4.69) is 76.0 Å². The van der Waals surface area contributed by atoms with Gasteiger partial charge in [0, 0.05) is 86.1 Å². The lowest BCUT2D eigenvalue weighted by atomic mass is 9.49. The number of hydrogen-bond acceptors (Lipinski definition) is 12. The van der Waals surface area contributed by atoms with Gasteiger partial charge in [-0.05, 0) is 338 Å². The molecule has 3 heterocycles. The number of carbonyl (C=O) groups is 3. The van der Waals surface area contributed by atoms with E-state index < -0.39 is 26.5 Å². The first kappa shape index (κ1) is 73.0. The zero-order valence-electron chi connectivity index (χ0n) is 62.3. The topological polar surface area (TPSA) is 160 Å². The van der Waals surface area contributed by atoms with Crippen LogP contribution in [0.4, 0.5) is 0 Å². The van der Waals surface area contributed by atoms with E-state index in [1.54, 1.807) is 13.4 Å². The van der Waals surface area contributed by atoms with Crippen molar-refractivity contribution < 1.29 is 43.4 Å². The molecule has 13 nitrogen and oxygen atoms in total. The summed E-state index contributed by atoms with van der Waals surface area (Å²) in [6.07, 6.45) is 37.9. The summed E-state index contributed by atoms with van der Waals surface area (Å²) in [6.45, 7) is 26.5. The number of fused-ring (bicyclic) bond motifs is 15. The Morgan fingerprint density at radius 1 is 0.469 bits per heavy atom. The average molecular weight is 1360 g/mol. The van der Waals surface area contributed by atoms with Crippen LogP contribution in [0.2, 0.25) is 0 Å². The van der Waals surface area contributed by atoms with Crippen LogP contribution in [-0.4, -0.2) is 182 Å². The van der Waals surface area contributed by atoms with E-state index in [0.717, 1.165) is 187 Å². The van der Waals surface area contributed by atoms with Gasteiger partial charge in [-0.2, -0.15) is 0 Å². The highest BCUT2D eigenvalue weighted by Gasteiger charge is 2.63. The van der Waals surface area contributed by atoms with Gasteiger partial charge in [-0.3, -0.25) is 33.3 Å². The third kappa shape index (κ3) is 14.6. The molecule has 15 fully saturated rings. The van der Waals surface area contributed by atoms with Gasteiger partial charge in [0.1, 0.15) is 17.3 Å². The molecule has 0 bridgehead atoms. The number of likely N-dealkylation sites (tertiary alicyclic amines) is 1. The number of rotatable bonds is 12. The van der Waals surface area contributed by atoms with Gasteiger partial charge in [-0.25, -0.2) is 4.31 Å². The molecule has 0 amide bonds. The summed E-state index contributed by atoms with van der Waals surface area (Å²) >= 11 is 0. The summed E-state index contributed by atoms with van der Waals surface area (Å²) in [5, 5.41) is 32.2. The monoisotopic (exact) mass is 1360 g/mol. The van der Waals surface area contributed by atoms with Crippen molar-refractivity contribution in [2.75, 3.05) is 85.4 Å². The van der Waals surface area contributed by atoms with Crippen LogP contribution in [0.15, 0.2) is 0 Å². The molecule has 28 atom stereocenters. The summed E-state index contributed by atoms with van der Waals surface area (Å²) < 4.78 is 25.4. The molecule has 1 unspecified atom stereocenters. The van der Waals surface area contributed by atoms with Crippen LogP contribution in [0.25, 0.3) is 0 Å². The minimum absolute atomic E-state index is 0.156. The number of Topliss-reactive ketones (excluding diaryl/α,β-unsaturated/α-hetero) is 3. The first-order valence-electron chi connectivity index (χ1n) is 40.6. The molecule has 15 rings (SSSR count). The normalized spacial score (nSPS) is 50.1. The lowest BCUT2D eigenvalue weighted by Crippen LogP contribution is -2.53. The van der Waals surface area contributed by atoms with Crippen LogP contribution in [-0.2, 0) is 33.6 Å². The molecule has 14 heteroatoms. The fraction of sp³-hybridized carbons (Fsp3) is 0.951. The SMILES string of the molecule is C=S(C)(=O)N1CCN(CC(=O)[C@H]2CC[C@H]3[C@@H]4CC[C@H]5C[C@@](O)(COC)CC[C@@H]5[C@H]4CC[C@]23C)CC1.C[C@@H]1CCCCN1CC(=O)[C@H]1CC[C@H]2[C@@H]3CC[C@@H]4C[C@](C)(O)CC[C@@H]4[C@H]3CC[C@]12C.C[C@H]1CN(CC(=O)[C@H]2CC[C@H]3[C@@H]4CC[C@@H]5C[C@](C)(O)CC[C@@H]5[C@H]4CC[C@]23C)C[C@H](C)O1. The van der Waals surface area contributed by atoms with Crippen molar-refractivity contribution >= 4 is 32.9 Å². The maximum atomic E-state index is 13.6. The van der Waals surface area contributed by atoms with Crippen LogP contribution in [0.1, 0.15) is 248 Å². The number of morpholine rings is 1. The number of piperidine rings is 1. The number of methoxy groups -OCH3 is 1. The molecule has 0 radical (unpaired) electrons. The van der Waals surface area contributed by atoms with Crippen LogP contribution in [0.3, 0.4) is 0 Å². The van der Waals surface area contributed by atoms with Crippen LogP contribution >= 0.6 is 0 Å². The smallest absolute Gasteiger partial charge is 0.150 e. The molecule has 546 valence electrons. The Hall–Kier alpha value is -1.33. The Kier molecular flexibility index (Phi) is 21.8. The number of hydrogen-bond donors (Lipinski definition) is 3. The molecule has 0 aromatic heterocycles. The van der Waals surface area contributed by atoms with E-state index in [-0.39, 0.29) is 40.3 Å². The number of ether oxygens (including phenoxy) is 2. The number of carbonyl (C=O) groups excluding carboxylic acids is 3. The number of ketones is 3. The van der Waals surface area contributed by atoms with E-state index in [1.165, 1.54) is 128 Å². The van der Waals surface area contributed by atoms with Gasteiger partial charge in [0.25, 0.3) is 0 Å². The third-order valence-corrected chi connectivity index (χ3v) is 34.0. The van der Waals surface area contributed by atoms with Crippen LogP contribution in [0.5, 0.6) is 0 Å². The molecule has 96 heavy (non-hydrogen) atoms. The summed E-state index contributed by atoms with van der Waals surface area (Å²) in [4.78, 5) is 47.8. The lowest BCUT2D eigenvalue weighted by Gasteiger charge is -2.57. The van der Waals surface area contributed by atoms with E-state index in [1.807, 2.05) is 4.31 Å². The number of nitrogens with zero attached hydrogens (tertiary/aromatic N) is 4. The zero-order valence-corrected chi connectivity index (χ0v) is 63.1. The van der Waals surface area contributed by atoms with E-state index in [0.29, 0.717) is 67.4 Å². The molecular weight excluding hydrogens is 1220 g/mol. The minimum Gasteiger partial charge on any atom is -0.390 e. The molecule has 3 saturated heterocycles. The predicted molar refractivity (Wildman–Crippen MR) is 385 cm³/mol. The van der Waals surface area contributed by atoms with Gasteiger partial charge >= 0.3 is 0 Å². The molecule has 3 aliphatic heterocycles. The highest BCUT2D eigenvalue weighted by Crippen LogP contribution is 2.68. The van der Waals surface area contributed by atoms with Crippen molar-refractivity contribution in [1.82, 2.24) is 19.0 Å². The van der Waals surface area contributed by atoms with Crippen molar-refractivity contribution in [2.45, 2.75) is 283 Å². The second-order valence-electron chi connectivity index (χ2n) is 38.5. The van der Waals surface area contributed by atoms with Crippen molar-refractivity contribution in [3.63, 3.8) is 0 Å². The maximum Gasteiger partial charge on any atom is 0.150 e. The molecule has 15 aliphatic rings. The predicted octanol–water partition coefficient (Wildman–Crippen LogP) is 13.2. The van der Waals surface area contributed by atoms with Gasteiger partial charge in [0.15, 0.2) is 0 Å². The Bertz CT molecular complexity index is 2830. The van der Waals surface area contributed by atoms with E-state index in [4.69, 9.17) is 9.47 Å². The Morgan fingerprint density at radius 3 is 1.30 bits per heavy atom. The zero-order chi connectivity index (χ0) is 68.1. The Labute approximate surface area is 583 Å². The Balaban J connectivity index is 0.000000131. The third-order valence-electron chi connectivity index (χ3n) is 32.6. The molecule has 0 aromatic rings. The van der Waals surface area contributed by atoms with Gasteiger partial charge < -0.3 is 24.8 Å². The fourth-order valence-corrected chi connectivity index (χ4v) is 29.1. The van der Waals surface area contributed by atoms with Crippen molar-refractivity contribution in [1.29, 1.82) is 0 Å². The van der Waals surface area contributed by atoms with Gasteiger partial charge in [-0.15, -0.1) is 0 Å². The standard InChI is InChI=1S/C28H48N2O4S.C27H45NO3.C27H45NO2/c1-27-11-9-22-21-10-12-28(32,19-34-2)17-20(21)5-6-23(22)24(27)7-8-25(27)26(31)18-29-13-15-30(16-14-29)35(3,4)33;1-17-14-28(15-18(2)31-17)16-25(29)24-8-7-23-22-6-5-19-13-26(3,30)11-9-20(19)21(22)10-12-27(23,24)4;1-18-6-4-5-15-28(18)17-25(29)24-10-9-23-22-8-7-19-16-26(2,30)13-11-20(19)21(22)12-14-27(23,24)3/h20-25,32H,3,5-19H2,1-2,4H3;17-24,30H,5-16H2,1-4H3;18-24,30H,4-17H2,1-3H3/t20-,21-,22+,23+,24-,25+,27-,28+,35?;17-,18-,19+,20-,21+,22+,23-,24+,26+,27-;18-,19-,20+,21-,22-,23+,24-,26-,27+/m001/s1. The van der Waals surface area contributed by atoms with Gasteiger partial charge in [0.2, 0.25) is 0 Å². The molecule has 3 N–H and O–H groups in total. The molecule has 12 aliphatic carbocycles. The Morgan fingerprint density at radius 2 is 0.875 bits per heavy atom. The quantitative estimate of drug-likeness (QED) is 0.159. The van der Waals surface area contributed by atoms with Gasteiger partial charge in [-0.1, -0.05) is 27.2 Å². The number of piperazine rings is 1. The molecule has 0 aromatic carbocycles. The average Bonchev–Trinajstić information content (AvgIpc) is 1.24. The first-order valence-corrected chi connectivity index (χ1v) is 42.7. The van der Waals surface area contributed by atoms with Crippen molar-refractivity contribution in [3.8, 4) is 0 Å². The fourth-order valence-electron chi connectivity index (χ4n) is 28.2. The molecule has 0 spiro atoms. The lowest BCUT2D eigenvalue weighted by molar-refractivity contribution is -0.137. The second kappa shape index (κ2) is 28.6. The van der Waals surface area contributed by atoms with E-state index in [9.17, 15) is 33.9 Å². The highest BCUT2D eigenvalue weighted by molar-refractivity contribution is 7.97. The summed E-state index contributed by atoms with van der Waals surface area (Å²) in [5.41, 5.74) is -0.851. The first-order chi connectivity index (χ1) is 45.5. The minimum atomic E-state index is -2.15. The molecular formula is C82H138N4O9S. The van der Waals surface area contributed by atoms with Crippen LogP contribution < -0.4 is 0 Å². The summed E-state index contributed by atoms with van der Waals surface area (Å²) in [7, 11) is -0.446. The van der Waals surface area contributed by atoms with Gasteiger partial charge in [0.05, 0.1) is 55.3 Å². The van der Waals surface area contributed by atoms with Crippen LogP contribution in [0, 0.1) is 123 Å². The highest BCUT2D eigenvalue weighted by atomic mass is 32.2.